The number of nitrogens with one attached hydrogen (secondary N) is 3. The van der Waals surface area contributed by atoms with Crippen LogP contribution in [-0.4, -0.2) is 42.8 Å². The molecule has 24 heavy (non-hydrogen) atoms. The Bertz CT molecular complexity index is 433. The lowest BCUT2D eigenvalue weighted by molar-refractivity contribution is 0.0503. The molecule has 1 atom stereocenters. The number of alkyl carbamates (subject to hydrolysis) is 1. The molecule has 1 rings (SSSR count). The van der Waals surface area contributed by atoms with E-state index in [1.807, 2.05) is 27.7 Å². The van der Waals surface area contributed by atoms with Gasteiger partial charge in [0.2, 0.25) is 0 Å². The second kappa shape index (κ2) is 10.2. The largest absolute Gasteiger partial charge is 0.444 e. The molecule has 0 fully saturated rings. The third-order valence-corrected chi connectivity index (χ3v) is 3.52. The Kier molecular flexibility index (Phi) is 8.65. The third kappa shape index (κ3) is 8.79. The van der Waals surface area contributed by atoms with Crippen LogP contribution in [0.15, 0.2) is 17.1 Å². The number of hydrogen-bond acceptors (Lipinski definition) is 3. The van der Waals surface area contributed by atoms with Crippen molar-refractivity contribution in [3.63, 3.8) is 0 Å². The SMILES string of the molecule is CCCC(CN=C(NCC)NC1CC=CC1)NC(=O)OC(C)(C)C. The Morgan fingerprint density at radius 3 is 2.50 bits per heavy atom. The Hall–Kier alpha value is -1.72. The summed E-state index contributed by atoms with van der Waals surface area (Å²) >= 11 is 0. The summed E-state index contributed by atoms with van der Waals surface area (Å²) < 4.78 is 5.34. The number of carbonyl (C=O) groups excluding carboxylic acids is 1. The third-order valence-electron chi connectivity index (χ3n) is 3.52. The van der Waals surface area contributed by atoms with E-state index in [0.717, 1.165) is 38.2 Å². The van der Waals surface area contributed by atoms with E-state index in [9.17, 15) is 4.79 Å². The van der Waals surface area contributed by atoms with Crippen LogP contribution in [0.25, 0.3) is 0 Å². The van der Waals surface area contributed by atoms with E-state index in [1.165, 1.54) is 0 Å². The molecule has 1 amide bonds. The number of hydrogen-bond donors (Lipinski definition) is 3. The highest BCUT2D eigenvalue weighted by molar-refractivity contribution is 5.80. The number of ether oxygens (including phenoxy) is 1. The topological polar surface area (TPSA) is 74.8 Å². The highest BCUT2D eigenvalue weighted by Gasteiger charge is 2.19. The highest BCUT2D eigenvalue weighted by atomic mass is 16.6. The smallest absolute Gasteiger partial charge is 0.407 e. The first kappa shape index (κ1) is 20.3. The van der Waals surface area contributed by atoms with Crippen molar-refractivity contribution in [2.45, 2.75) is 78.0 Å². The molecule has 0 spiro atoms. The van der Waals surface area contributed by atoms with Crippen molar-refractivity contribution in [2.75, 3.05) is 13.1 Å². The average Bonchev–Trinajstić information content (AvgIpc) is 2.96. The maximum absolute atomic E-state index is 12.0. The molecule has 0 aromatic heterocycles. The van der Waals surface area contributed by atoms with Crippen LogP contribution in [0.2, 0.25) is 0 Å². The minimum Gasteiger partial charge on any atom is -0.444 e. The van der Waals surface area contributed by atoms with Gasteiger partial charge in [-0.15, -0.1) is 0 Å². The van der Waals surface area contributed by atoms with E-state index in [0.29, 0.717) is 12.6 Å². The summed E-state index contributed by atoms with van der Waals surface area (Å²) in [5, 5.41) is 9.63. The van der Waals surface area contributed by atoms with Gasteiger partial charge in [-0.2, -0.15) is 0 Å². The standard InChI is InChI=1S/C18H34N4O2/c1-6-10-15(22-17(23)24-18(3,4)5)13-20-16(19-7-2)21-14-11-8-9-12-14/h8-9,14-15H,6-7,10-13H2,1-5H3,(H,22,23)(H2,19,20,21). The van der Waals surface area contributed by atoms with E-state index in [1.54, 1.807) is 0 Å². The molecule has 1 unspecified atom stereocenters. The Morgan fingerprint density at radius 1 is 1.29 bits per heavy atom. The Labute approximate surface area is 146 Å². The quantitative estimate of drug-likeness (QED) is 0.379. The molecule has 0 radical (unpaired) electrons. The fourth-order valence-corrected chi connectivity index (χ4v) is 2.48. The summed E-state index contributed by atoms with van der Waals surface area (Å²) in [5.74, 6) is 0.804. The molecule has 1 aliphatic carbocycles. The molecular formula is C18H34N4O2. The van der Waals surface area contributed by atoms with Crippen LogP contribution in [0.3, 0.4) is 0 Å². The van der Waals surface area contributed by atoms with E-state index < -0.39 is 5.60 Å². The molecule has 0 saturated carbocycles. The van der Waals surface area contributed by atoms with E-state index >= 15 is 0 Å². The zero-order chi connectivity index (χ0) is 18.0. The minimum absolute atomic E-state index is 0.0259. The van der Waals surface area contributed by atoms with Crippen molar-refractivity contribution in [1.29, 1.82) is 0 Å². The summed E-state index contributed by atoms with van der Waals surface area (Å²) in [4.78, 5) is 16.6. The van der Waals surface area contributed by atoms with Crippen LogP contribution >= 0.6 is 0 Å². The molecule has 6 nitrogen and oxygen atoms in total. The van der Waals surface area contributed by atoms with Gasteiger partial charge in [0.1, 0.15) is 5.60 Å². The van der Waals surface area contributed by atoms with Gasteiger partial charge >= 0.3 is 6.09 Å². The van der Waals surface area contributed by atoms with Crippen LogP contribution in [0, 0.1) is 0 Å². The monoisotopic (exact) mass is 338 g/mol. The van der Waals surface area contributed by atoms with Crippen molar-refractivity contribution in [1.82, 2.24) is 16.0 Å². The Balaban J connectivity index is 2.57. The number of carbonyl (C=O) groups is 1. The Morgan fingerprint density at radius 2 is 1.96 bits per heavy atom. The minimum atomic E-state index is -0.490. The van der Waals surface area contributed by atoms with E-state index in [2.05, 4.69) is 40.0 Å². The number of amides is 1. The first-order valence-electron chi connectivity index (χ1n) is 9.03. The van der Waals surface area contributed by atoms with Gasteiger partial charge in [0.25, 0.3) is 0 Å². The van der Waals surface area contributed by atoms with Crippen LogP contribution < -0.4 is 16.0 Å². The average molecular weight is 338 g/mol. The molecule has 1 aliphatic rings. The number of aliphatic imine (C=N–C) groups is 1. The molecule has 138 valence electrons. The van der Waals surface area contributed by atoms with Gasteiger partial charge < -0.3 is 20.7 Å². The van der Waals surface area contributed by atoms with Gasteiger partial charge in [0, 0.05) is 12.6 Å². The lowest BCUT2D eigenvalue weighted by Crippen LogP contribution is -2.44. The van der Waals surface area contributed by atoms with Gasteiger partial charge in [-0.1, -0.05) is 25.5 Å². The molecule has 0 aliphatic heterocycles. The van der Waals surface area contributed by atoms with Gasteiger partial charge in [-0.05, 0) is 47.0 Å². The molecule has 0 heterocycles. The lowest BCUT2D eigenvalue weighted by atomic mass is 10.1. The van der Waals surface area contributed by atoms with Gasteiger partial charge in [0.05, 0.1) is 12.6 Å². The maximum atomic E-state index is 12.0. The fourth-order valence-electron chi connectivity index (χ4n) is 2.48. The molecule has 0 saturated heterocycles. The number of rotatable bonds is 7. The van der Waals surface area contributed by atoms with E-state index in [-0.39, 0.29) is 12.1 Å². The molecule has 3 N–H and O–H groups in total. The van der Waals surface area contributed by atoms with Crippen LogP contribution in [0.1, 0.15) is 60.3 Å². The lowest BCUT2D eigenvalue weighted by Gasteiger charge is -2.23. The van der Waals surface area contributed by atoms with Crippen molar-refractivity contribution < 1.29 is 9.53 Å². The van der Waals surface area contributed by atoms with E-state index in [4.69, 9.17) is 4.74 Å². The molecular weight excluding hydrogens is 304 g/mol. The summed E-state index contributed by atoms with van der Waals surface area (Å²) in [5.41, 5.74) is -0.490. The van der Waals surface area contributed by atoms with Gasteiger partial charge in [-0.25, -0.2) is 4.79 Å². The molecule has 0 aromatic carbocycles. The van der Waals surface area contributed by atoms with Crippen LogP contribution in [0.5, 0.6) is 0 Å². The van der Waals surface area contributed by atoms with Crippen molar-refractivity contribution in [2.24, 2.45) is 4.99 Å². The van der Waals surface area contributed by atoms with Crippen molar-refractivity contribution in [3.05, 3.63) is 12.2 Å². The van der Waals surface area contributed by atoms with Crippen LogP contribution in [0.4, 0.5) is 4.79 Å². The maximum Gasteiger partial charge on any atom is 0.407 e. The zero-order valence-electron chi connectivity index (χ0n) is 15.8. The second-order valence-corrected chi connectivity index (χ2v) is 7.14. The number of guanidine groups is 1. The molecule has 0 bridgehead atoms. The second-order valence-electron chi connectivity index (χ2n) is 7.14. The normalized spacial score (nSPS) is 16.8. The van der Waals surface area contributed by atoms with Gasteiger partial charge in [0.15, 0.2) is 5.96 Å². The first-order valence-corrected chi connectivity index (χ1v) is 9.03. The van der Waals surface area contributed by atoms with Crippen molar-refractivity contribution >= 4 is 12.1 Å². The predicted molar refractivity (Wildman–Crippen MR) is 99.3 cm³/mol. The summed E-state index contributed by atoms with van der Waals surface area (Å²) in [7, 11) is 0. The summed E-state index contributed by atoms with van der Waals surface area (Å²) in [6.45, 7) is 11.1. The molecule has 6 heteroatoms. The zero-order valence-corrected chi connectivity index (χ0v) is 15.8. The fraction of sp³-hybridized carbons (Fsp3) is 0.778. The summed E-state index contributed by atoms with van der Waals surface area (Å²) in [6.07, 6.45) is 7.89. The first-order chi connectivity index (χ1) is 11.3. The predicted octanol–water partition coefficient (Wildman–Crippen LogP) is 2.95. The van der Waals surface area contributed by atoms with Crippen LogP contribution in [-0.2, 0) is 4.74 Å². The summed E-state index contributed by atoms with van der Waals surface area (Å²) in [6, 6.07) is 0.383. The number of nitrogens with zero attached hydrogens (tertiary/aromatic N) is 1. The van der Waals surface area contributed by atoms with Crippen molar-refractivity contribution in [3.8, 4) is 0 Å². The molecule has 0 aromatic rings. The highest BCUT2D eigenvalue weighted by Crippen LogP contribution is 2.09. The van der Waals surface area contributed by atoms with Gasteiger partial charge in [-0.3, -0.25) is 4.99 Å².